The molecule has 0 aromatic heterocycles. The molecule has 4 nitrogen and oxygen atoms in total. The van der Waals surface area contributed by atoms with Crippen molar-refractivity contribution in [1.82, 2.24) is 5.32 Å². The van der Waals surface area contributed by atoms with Crippen LogP contribution < -0.4 is 11.1 Å². The van der Waals surface area contributed by atoms with Crippen LogP contribution >= 0.6 is 11.6 Å². The van der Waals surface area contributed by atoms with Gasteiger partial charge in [-0.2, -0.15) is 0 Å². The van der Waals surface area contributed by atoms with E-state index in [1.807, 2.05) is 6.92 Å². The Bertz CT molecular complexity index is 456. The van der Waals surface area contributed by atoms with Crippen LogP contribution in [0.4, 0.5) is 5.69 Å². The van der Waals surface area contributed by atoms with E-state index in [1.54, 1.807) is 18.2 Å². The van der Waals surface area contributed by atoms with Crippen molar-refractivity contribution < 1.29 is 9.53 Å². The number of carbonyl (C=O) groups excluding carboxylic acids is 1. The zero-order valence-corrected chi connectivity index (χ0v) is 11.1. The molecule has 1 aliphatic heterocycles. The van der Waals surface area contributed by atoms with E-state index in [0.29, 0.717) is 22.8 Å². The summed E-state index contributed by atoms with van der Waals surface area (Å²) < 4.78 is 5.61. The number of anilines is 1. The molecule has 5 heteroatoms. The van der Waals surface area contributed by atoms with Crippen LogP contribution in [0.3, 0.4) is 0 Å². The van der Waals surface area contributed by atoms with Gasteiger partial charge in [0, 0.05) is 23.9 Å². The SMILES string of the molecule is CC1(CNC(=O)c2cc(Cl)ccc2N)CCCO1. The molecule has 1 saturated heterocycles. The largest absolute Gasteiger partial charge is 0.398 e. The van der Waals surface area contributed by atoms with Crippen LogP contribution in [0.1, 0.15) is 30.1 Å². The molecule has 1 heterocycles. The Morgan fingerprint density at radius 3 is 3.06 bits per heavy atom. The smallest absolute Gasteiger partial charge is 0.253 e. The van der Waals surface area contributed by atoms with Crippen LogP contribution in [0.5, 0.6) is 0 Å². The Balaban J connectivity index is 2.01. The Hall–Kier alpha value is -1.26. The molecule has 2 rings (SSSR count). The fourth-order valence-electron chi connectivity index (χ4n) is 2.06. The van der Waals surface area contributed by atoms with Gasteiger partial charge in [-0.05, 0) is 38.0 Å². The molecule has 1 amide bonds. The molecule has 0 aliphatic carbocycles. The minimum Gasteiger partial charge on any atom is -0.398 e. The lowest BCUT2D eigenvalue weighted by atomic mass is 10.0. The van der Waals surface area contributed by atoms with E-state index in [2.05, 4.69) is 5.32 Å². The highest BCUT2D eigenvalue weighted by molar-refractivity contribution is 6.31. The summed E-state index contributed by atoms with van der Waals surface area (Å²) in [5, 5.41) is 3.34. The van der Waals surface area contributed by atoms with Crippen molar-refractivity contribution in [3.8, 4) is 0 Å². The summed E-state index contributed by atoms with van der Waals surface area (Å²) in [6, 6.07) is 4.87. The van der Waals surface area contributed by atoms with Crippen LogP contribution in [0.15, 0.2) is 18.2 Å². The molecule has 0 spiro atoms. The zero-order valence-electron chi connectivity index (χ0n) is 10.3. The summed E-state index contributed by atoms with van der Waals surface area (Å²) in [6.45, 7) is 3.24. The second-order valence-corrected chi connectivity index (χ2v) is 5.25. The molecule has 1 aromatic rings. The molecular formula is C13H17ClN2O2. The summed E-state index contributed by atoms with van der Waals surface area (Å²) in [5.74, 6) is -0.216. The summed E-state index contributed by atoms with van der Waals surface area (Å²) in [6.07, 6.45) is 1.99. The third kappa shape index (κ3) is 2.94. The maximum atomic E-state index is 12.0. The van der Waals surface area contributed by atoms with Crippen molar-refractivity contribution in [2.75, 3.05) is 18.9 Å². The van der Waals surface area contributed by atoms with E-state index in [-0.39, 0.29) is 11.5 Å². The third-order valence-corrected chi connectivity index (χ3v) is 3.42. The minimum atomic E-state index is -0.261. The van der Waals surface area contributed by atoms with Gasteiger partial charge in [0.15, 0.2) is 0 Å². The molecule has 1 aromatic carbocycles. The maximum Gasteiger partial charge on any atom is 0.253 e. The van der Waals surface area contributed by atoms with Gasteiger partial charge >= 0.3 is 0 Å². The monoisotopic (exact) mass is 268 g/mol. The van der Waals surface area contributed by atoms with Crippen molar-refractivity contribution in [2.24, 2.45) is 0 Å². The predicted molar refractivity (Wildman–Crippen MR) is 71.8 cm³/mol. The molecule has 98 valence electrons. The number of nitrogens with two attached hydrogens (primary N) is 1. The number of hydrogen-bond donors (Lipinski definition) is 2. The van der Waals surface area contributed by atoms with Crippen LogP contribution in [0, 0.1) is 0 Å². The van der Waals surface area contributed by atoms with Gasteiger partial charge in [0.2, 0.25) is 0 Å². The van der Waals surface area contributed by atoms with Crippen molar-refractivity contribution in [3.63, 3.8) is 0 Å². The van der Waals surface area contributed by atoms with Gasteiger partial charge in [0.25, 0.3) is 5.91 Å². The number of benzene rings is 1. The quantitative estimate of drug-likeness (QED) is 0.826. The van der Waals surface area contributed by atoms with Crippen molar-refractivity contribution in [1.29, 1.82) is 0 Å². The topological polar surface area (TPSA) is 64.4 Å². The number of amides is 1. The second-order valence-electron chi connectivity index (χ2n) is 4.82. The fraction of sp³-hybridized carbons (Fsp3) is 0.462. The van der Waals surface area contributed by atoms with E-state index in [1.165, 1.54) is 0 Å². The standard InChI is InChI=1S/C13H17ClN2O2/c1-13(5-2-6-18-13)8-16-12(17)10-7-9(14)3-4-11(10)15/h3-4,7H,2,5-6,8,15H2,1H3,(H,16,17). The molecular weight excluding hydrogens is 252 g/mol. The lowest BCUT2D eigenvalue weighted by molar-refractivity contribution is 0.0206. The van der Waals surface area contributed by atoms with Crippen LogP contribution in [-0.2, 0) is 4.74 Å². The molecule has 0 radical (unpaired) electrons. The second kappa shape index (κ2) is 5.16. The van der Waals surface area contributed by atoms with Crippen LogP contribution in [0.25, 0.3) is 0 Å². The first-order chi connectivity index (χ1) is 8.50. The molecule has 1 atom stereocenters. The number of nitrogen functional groups attached to an aromatic ring is 1. The van der Waals surface area contributed by atoms with Crippen LogP contribution in [0.2, 0.25) is 5.02 Å². The van der Waals surface area contributed by atoms with E-state index in [0.717, 1.165) is 19.4 Å². The summed E-state index contributed by atoms with van der Waals surface area (Å²) in [7, 11) is 0. The van der Waals surface area contributed by atoms with E-state index < -0.39 is 0 Å². The lowest BCUT2D eigenvalue weighted by Crippen LogP contribution is -2.40. The predicted octanol–water partition coefficient (Wildman–Crippen LogP) is 2.22. The Labute approximate surface area is 111 Å². The number of nitrogens with one attached hydrogen (secondary N) is 1. The molecule has 3 N–H and O–H groups in total. The fourth-order valence-corrected chi connectivity index (χ4v) is 2.24. The lowest BCUT2D eigenvalue weighted by Gasteiger charge is -2.23. The first kappa shape index (κ1) is 13.2. The molecule has 0 saturated carbocycles. The van der Waals surface area contributed by atoms with Gasteiger partial charge in [0.05, 0.1) is 11.2 Å². The Morgan fingerprint density at radius 1 is 1.61 bits per heavy atom. The molecule has 1 unspecified atom stereocenters. The number of halogens is 1. The number of ether oxygens (including phenoxy) is 1. The van der Waals surface area contributed by atoms with Gasteiger partial charge in [-0.1, -0.05) is 11.6 Å². The highest BCUT2D eigenvalue weighted by atomic mass is 35.5. The average molecular weight is 269 g/mol. The van der Waals surface area contributed by atoms with Gasteiger partial charge < -0.3 is 15.8 Å². The van der Waals surface area contributed by atoms with Crippen molar-refractivity contribution in [2.45, 2.75) is 25.4 Å². The van der Waals surface area contributed by atoms with Crippen molar-refractivity contribution in [3.05, 3.63) is 28.8 Å². The molecule has 1 fully saturated rings. The van der Waals surface area contributed by atoms with E-state index in [4.69, 9.17) is 22.1 Å². The van der Waals surface area contributed by atoms with Gasteiger partial charge in [-0.25, -0.2) is 0 Å². The summed E-state index contributed by atoms with van der Waals surface area (Å²) >= 11 is 5.86. The molecule has 0 bridgehead atoms. The average Bonchev–Trinajstić information content (AvgIpc) is 2.77. The molecule has 1 aliphatic rings. The van der Waals surface area contributed by atoms with E-state index >= 15 is 0 Å². The first-order valence-corrected chi connectivity index (χ1v) is 6.35. The zero-order chi connectivity index (χ0) is 13.2. The normalized spacial score (nSPS) is 23.0. The number of rotatable bonds is 3. The highest BCUT2D eigenvalue weighted by Gasteiger charge is 2.30. The first-order valence-electron chi connectivity index (χ1n) is 5.97. The van der Waals surface area contributed by atoms with Gasteiger partial charge in [-0.15, -0.1) is 0 Å². The Morgan fingerprint density at radius 2 is 2.39 bits per heavy atom. The maximum absolute atomic E-state index is 12.0. The van der Waals surface area contributed by atoms with Gasteiger partial charge in [-0.3, -0.25) is 4.79 Å². The number of carbonyl (C=O) groups is 1. The third-order valence-electron chi connectivity index (χ3n) is 3.18. The number of hydrogen-bond acceptors (Lipinski definition) is 3. The molecule has 18 heavy (non-hydrogen) atoms. The van der Waals surface area contributed by atoms with E-state index in [9.17, 15) is 4.79 Å². The summed E-state index contributed by atoms with van der Waals surface area (Å²) in [4.78, 5) is 12.0. The van der Waals surface area contributed by atoms with Gasteiger partial charge in [0.1, 0.15) is 0 Å². The Kier molecular flexibility index (Phi) is 3.78. The minimum absolute atomic E-state index is 0.216. The summed E-state index contributed by atoms with van der Waals surface area (Å²) in [5.41, 5.74) is 6.33. The highest BCUT2D eigenvalue weighted by Crippen LogP contribution is 2.24. The van der Waals surface area contributed by atoms with Crippen LogP contribution in [-0.4, -0.2) is 24.7 Å². The van der Waals surface area contributed by atoms with Crippen molar-refractivity contribution >= 4 is 23.2 Å².